The number of carbonyl (C=O) groups is 1. The summed E-state index contributed by atoms with van der Waals surface area (Å²) in [7, 11) is 0. The zero-order chi connectivity index (χ0) is 15.4. The normalized spacial score (nSPS) is 17.1. The first-order valence-electron chi connectivity index (χ1n) is 7.66. The maximum absolute atomic E-state index is 12.4. The first kappa shape index (κ1) is 15.3. The van der Waals surface area contributed by atoms with Crippen LogP contribution >= 0.6 is 11.3 Å². The van der Waals surface area contributed by atoms with E-state index in [4.69, 9.17) is 4.74 Å². The summed E-state index contributed by atoms with van der Waals surface area (Å²) in [5, 5.41) is 5.23. The Labute approximate surface area is 135 Å². The summed E-state index contributed by atoms with van der Waals surface area (Å²) in [5.41, 5.74) is 1.90. The molecule has 22 heavy (non-hydrogen) atoms. The van der Waals surface area contributed by atoms with E-state index in [9.17, 15) is 4.79 Å². The van der Waals surface area contributed by atoms with Crippen LogP contribution in [0.3, 0.4) is 0 Å². The molecule has 0 saturated carbocycles. The Balaban J connectivity index is 1.72. The Kier molecular flexibility index (Phi) is 4.60. The molecule has 1 aliphatic rings. The van der Waals surface area contributed by atoms with Crippen LogP contribution in [-0.2, 0) is 10.2 Å². The van der Waals surface area contributed by atoms with Crippen LogP contribution in [0.15, 0.2) is 41.8 Å². The van der Waals surface area contributed by atoms with Crippen LogP contribution in [0.1, 0.15) is 33.6 Å². The average Bonchev–Trinajstić information content (AvgIpc) is 3.09. The molecule has 0 radical (unpaired) electrons. The molecule has 0 unspecified atom stereocenters. The van der Waals surface area contributed by atoms with Crippen molar-refractivity contribution in [3.8, 4) is 0 Å². The topological polar surface area (TPSA) is 38.3 Å². The summed E-state index contributed by atoms with van der Waals surface area (Å²) in [6, 6.07) is 12.0. The van der Waals surface area contributed by atoms with Gasteiger partial charge in [0.2, 0.25) is 0 Å². The fourth-order valence-electron chi connectivity index (χ4n) is 2.91. The van der Waals surface area contributed by atoms with Crippen molar-refractivity contribution >= 4 is 17.2 Å². The monoisotopic (exact) mass is 315 g/mol. The van der Waals surface area contributed by atoms with Crippen LogP contribution in [0.2, 0.25) is 0 Å². The summed E-state index contributed by atoms with van der Waals surface area (Å²) in [5.74, 6) is 0.00224. The molecule has 1 aromatic heterocycles. The van der Waals surface area contributed by atoms with Crippen molar-refractivity contribution in [2.24, 2.45) is 0 Å². The number of amides is 1. The molecule has 0 atom stereocenters. The zero-order valence-corrected chi connectivity index (χ0v) is 13.6. The lowest BCUT2D eigenvalue weighted by atomic mass is 9.78. The van der Waals surface area contributed by atoms with Gasteiger partial charge in [0.1, 0.15) is 0 Å². The maximum Gasteiger partial charge on any atom is 0.251 e. The van der Waals surface area contributed by atoms with Gasteiger partial charge in [0.15, 0.2) is 0 Å². The van der Waals surface area contributed by atoms with Crippen molar-refractivity contribution in [2.75, 3.05) is 19.8 Å². The third-order valence-corrected chi connectivity index (χ3v) is 5.51. The first-order chi connectivity index (χ1) is 10.7. The number of hydrogen-bond donors (Lipinski definition) is 1. The van der Waals surface area contributed by atoms with Gasteiger partial charge in [0.05, 0.1) is 0 Å². The highest BCUT2D eigenvalue weighted by molar-refractivity contribution is 7.10. The minimum absolute atomic E-state index is 0.00224. The third-order valence-electron chi connectivity index (χ3n) is 4.39. The molecular weight excluding hydrogens is 294 g/mol. The van der Waals surface area contributed by atoms with Crippen LogP contribution in [0.5, 0.6) is 0 Å². The molecule has 0 spiro atoms. The first-order valence-corrected chi connectivity index (χ1v) is 8.54. The van der Waals surface area contributed by atoms with Gasteiger partial charge in [-0.1, -0.05) is 23.8 Å². The molecule has 116 valence electrons. The number of hydrogen-bond acceptors (Lipinski definition) is 3. The van der Waals surface area contributed by atoms with Gasteiger partial charge in [-0.25, -0.2) is 0 Å². The molecule has 1 fully saturated rings. The van der Waals surface area contributed by atoms with Gasteiger partial charge in [-0.05, 0) is 43.3 Å². The Hall–Kier alpha value is -1.65. The van der Waals surface area contributed by atoms with Crippen LogP contribution in [0.4, 0.5) is 0 Å². The van der Waals surface area contributed by atoms with Crippen molar-refractivity contribution in [2.45, 2.75) is 25.2 Å². The Morgan fingerprint density at radius 1 is 1.23 bits per heavy atom. The Bertz CT molecular complexity index is 613. The number of carbonyl (C=O) groups excluding carboxylic acids is 1. The quantitative estimate of drug-likeness (QED) is 0.937. The summed E-state index contributed by atoms with van der Waals surface area (Å²) in [4.78, 5) is 13.7. The van der Waals surface area contributed by atoms with Gasteiger partial charge in [0.25, 0.3) is 5.91 Å². The molecule has 4 heteroatoms. The molecule has 2 heterocycles. The van der Waals surface area contributed by atoms with Crippen molar-refractivity contribution in [1.29, 1.82) is 0 Å². The predicted octanol–water partition coefficient (Wildman–Crippen LogP) is 3.53. The third kappa shape index (κ3) is 3.23. The molecule has 1 amide bonds. The predicted molar refractivity (Wildman–Crippen MR) is 89.6 cm³/mol. The number of benzene rings is 1. The van der Waals surface area contributed by atoms with E-state index in [1.165, 1.54) is 4.88 Å². The zero-order valence-electron chi connectivity index (χ0n) is 12.8. The van der Waals surface area contributed by atoms with E-state index >= 15 is 0 Å². The van der Waals surface area contributed by atoms with Gasteiger partial charge in [-0.2, -0.15) is 0 Å². The smallest absolute Gasteiger partial charge is 0.251 e. The van der Waals surface area contributed by atoms with Gasteiger partial charge >= 0.3 is 0 Å². The van der Waals surface area contributed by atoms with E-state index < -0.39 is 0 Å². The van der Waals surface area contributed by atoms with Crippen LogP contribution < -0.4 is 5.32 Å². The van der Waals surface area contributed by atoms with E-state index in [0.29, 0.717) is 6.54 Å². The SMILES string of the molecule is Cc1ccc(C(=O)NCC2(c3cccs3)CCOCC2)cc1. The molecule has 3 nitrogen and oxygen atoms in total. The summed E-state index contributed by atoms with van der Waals surface area (Å²) in [6.45, 7) is 4.22. The van der Waals surface area contributed by atoms with Crippen molar-refractivity contribution in [1.82, 2.24) is 5.32 Å². The van der Waals surface area contributed by atoms with Crippen molar-refractivity contribution in [3.63, 3.8) is 0 Å². The number of thiophene rings is 1. The van der Waals surface area contributed by atoms with Crippen molar-refractivity contribution in [3.05, 3.63) is 57.8 Å². The Morgan fingerprint density at radius 2 is 1.95 bits per heavy atom. The lowest BCUT2D eigenvalue weighted by Gasteiger charge is -2.36. The van der Waals surface area contributed by atoms with E-state index in [1.807, 2.05) is 31.2 Å². The minimum Gasteiger partial charge on any atom is -0.381 e. The van der Waals surface area contributed by atoms with Gasteiger partial charge < -0.3 is 10.1 Å². The lowest BCUT2D eigenvalue weighted by Crippen LogP contribution is -2.44. The molecule has 0 aliphatic carbocycles. The second-order valence-corrected chi connectivity index (χ2v) is 6.87. The fraction of sp³-hybridized carbons (Fsp3) is 0.389. The highest BCUT2D eigenvalue weighted by Gasteiger charge is 2.35. The summed E-state index contributed by atoms with van der Waals surface area (Å²) >= 11 is 1.77. The number of aryl methyl sites for hydroxylation is 1. The number of ether oxygens (including phenoxy) is 1. The second kappa shape index (κ2) is 6.63. The molecule has 1 saturated heterocycles. The van der Waals surface area contributed by atoms with Gasteiger partial charge in [0, 0.05) is 35.6 Å². The minimum atomic E-state index is 0.00224. The lowest BCUT2D eigenvalue weighted by molar-refractivity contribution is 0.0499. The maximum atomic E-state index is 12.4. The van der Waals surface area contributed by atoms with Crippen LogP contribution in [-0.4, -0.2) is 25.7 Å². The molecule has 1 aliphatic heterocycles. The fourth-order valence-corrected chi connectivity index (χ4v) is 3.90. The summed E-state index contributed by atoms with van der Waals surface area (Å²) < 4.78 is 5.52. The van der Waals surface area contributed by atoms with E-state index in [0.717, 1.165) is 37.2 Å². The Morgan fingerprint density at radius 3 is 2.59 bits per heavy atom. The largest absolute Gasteiger partial charge is 0.381 e. The van der Waals surface area contributed by atoms with E-state index in [2.05, 4.69) is 22.8 Å². The van der Waals surface area contributed by atoms with Gasteiger partial charge in [-0.3, -0.25) is 4.79 Å². The molecular formula is C18H21NO2S. The van der Waals surface area contributed by atoms with Crippen LogP contribution in [0, 0.1) is 6.92 Å². The molecule has 1 N–H and O–H groups in total. The number of nitrogens with one attached hydrogen (secondary N) is 1. The van der Waals surface area contributed by atoms with Crippen molar-refractivity contribution < 1.29 is 9.53 Å². The van der Waals surface area contributed by atoms with E-state index in [1.54, 1.807) is 11.3 Å². The second-order valence-electron chi connectivity index (χ2n) is 5.92. The number of rotatable bonds is 4. The molecule has 1 aromatic carbocycles. The highest BCUT2D eigenvalue weighted by Crippen LogP contribution is 2.37. The molecule has 3 rings (SSSR count). The molecule has 0 bridgehead atoms. The summed E-state index contributed by atoms with van der Waals surface area (Å²) in [6.07, 6.45) is 1.92. The van der Waals surface area contributed by atoms with Gasteiger partial charge in [-0.15, -0.1) is 11.3 Å². The van der Waals surface area contributed by atoms with Crippen LogP contribution in [0.25, 0.3) is 0 Å². The average molecular weight is 315 g/mol. The van der Waals surface area contributed by atoms with E-state index in [-0.39, 0.29) is 11.3 Å². The standard InChI is InChI=1S/C18H21NO2S/c1-14-4-6-15(7-5-14)17(20)19-13-18(8-10-21-11-9-18)16-3-2-12-22-16/h2-7,12H,8-11,13H2,1H3,(H,19,20). The molecule has 2 aromatic rings. The highest BCUT2D eigenvalue weighted by atomic mass is 32.1.